The van der Waals surface area contributed by atoms with Gasteiger partial charge in [-0.25, -0.2) is 12.8 Å². The minimum atomic E-state index is -3.50. The number of hydrogen-bond acceptors (Lipinski definition) is 3. The fourth-order valence-corrected chi connectivity index (χ4v) is 4.26. The molecular formula is C20H25FN2O3S. The summed E-state index contributed by atoms with van der Waals surface area (Å²) in [6.07, 6.45) is 0.152. The highest BCUT2D eigenvalue weighted by Crippen LogP contribution is 2.19. The monoisotopic (exact) mass is 392 g/mol. The molecular weight excluding hydrogens is 367 g/mol. The minimum Gasteiger partial charge on any atom is -0.349 e. The van der Waals surface area contributed by atoms with Crippen LogP contribution in [-0.4, -0.2) is 31.7 Å². The molecule has 0 heterocycles. The van der Waals surface area contributed by atoms with E-state index in [1.54, 1.807) is 50.2 Å². The SMILES string of the molecule is CCN(CC)S(=O)(=O)c1ccc(C(C)NC(=O)Cc2ccc(F)cc2)cc1. The lowest BCUT2D eigenvalue weighted by atomic mass is 10.1. The van der Waals surface area contributed by atoms with Crippen molar-refractivity contribution < 1.29 is 17.6 Å². The third-order valence-electron chi connectivity index (χ3n) is 4.38. The summed E-state index contributed by atoms with van der Waals surface area (Å²) in [4.78, 5) is 12.4. The Hall–Kier alpha value is -2.25. The first kappa shape index (κ1) is 21.1. The van der Waals surface area contributed by atoms with Crippen molar-refractivity contribution in [2.45, 2.75) is 38.1 Å². The molecule has 0 aromatic heterocycles. The van der Waals surface area contributed by atoms with Gasteiger partial charge in [-0.05, 0) is 42.3 Å². The summed E-state index contributed by atoms with van der Waals surface area (Å²) in [5.74, 6) is -0.527. The Bertz CT molecular complexity index is 861. The van der Waals surface area contributed by atoms with Crippen molar-refractivity contribution in [1.82, 2.24) is 9.62 Å². The molecule has 27 heavy (non-hydrogen) atoms. The van der Waals surface area contributed by atoms with Crippen molar-refractivity contribution in [1.29, 1.82) is 0 Å². The molecule has 2 aromatic rings. The fourth-order valence-electron chi connectivity index (χ4n) is 2.80. The van der Waals surface area contributed by atoms with E-state index < -0.39 is 10.0 Å². The Morgan fingerprint density at radius 3 is 2.11 bits per heavy atom. The first-order valence-corrected chi connectivity index (χ1v) is 10.4. The Kier molecular flexibility index (Phi) is 7.10. The molecule has 0 radical (unpaired) electrons. The molecule has 0 aliphatic heterocycles. The maximum atomic E-state index is 12.9. The maximum absolute atomic E-state index is 12.9. The van der Waals surface area contributed by atoms with Crippen molar-refractivity contribution in [3.63, 3.8) is 0 Å². The lowest BCUT2D eigenvalue weighted by molar-refractivity contribution is -0.121. The maximum Gasteiger partial charge on any atom is 0.243 e. The van der Waals surface area contributed by atoms with Gasteiger partial charge in [0, 0.05) is 13.1 Å². The highest BCUT2D eigenvalue weighted by molar-refractivity contribution is 7.89. The summed E-state index contributed by atoms with van der Waals surface area (Å²) >= 11 is 0. The lowest BCUT2D eigenvalue weighted by Gasteiger charge is -2.19. The minimum absolute atomic E-state index is 0.152. The topological polar surface area (TPSA) is 66.5 Å². The Morgan fingerprint density at radius 2 is 1.59 bits per heavy atom. The van der Waals surface area contributed by atoms with Gasteiger partial charge >= 0.3 is 0 Å². The number of carbonyl (C=O) groups is 1. The van der Waals surface area contributed by atoms with Crippen LogP contribution in [0.3, 0.4) is 0 Å². The van der Waals surface area contributed by atoms with Crippen molar-refractivity contribution in [3.8, 4) is 0 Å². The van der Waals surface area contributed by atoms with E-state index in [9.17, 15) is 17.6 Å². The number of halogens is 1. The molecule has 1 amide bonds. The summed E-state index contributed by atoms with van der Waals surface area (Å²) < 4.78 is 39.3. The second-order valence-corrected chi connectivity index (χ2v) is 8.19. The quantitative estimate of drug-likeness (QED) is 0.750. The van der Waals surface area contributed by atoms with Gasteiger partial charge in [0.2, 0.25) is 15.9 Å². The highest BCUT2D eigenvalue weighted by atomic mass is 32.2. The van der Waals surface area contributed by atoms with Crippen molar-refractivity contribution in [2.75, 3.05) is 13.1 Å². The van der Waals surface area contributed by atoms with Gasteiger partial charge in [-0.3, -0.25) is 4.79 Å². The molecule has 1 atom stereocenters. The molecule has 5 nitrogen and oxygen atoms in total. The molecule has 1 unspecified atom stereocenters. The summed E-state index contributed by atoms with van der Waals surface area (Å²) in [5.41, 5.74) is 1.53. The Morgan fingerprint density at radius 1 is 1.04 bits per heavy atom. The number of hydrogen-bond donors (Lipinski definition) is 1. The van der Waals surface area contributed by atoms with Crippen LogP contribution in [0.2, 0.25) is 0 Å². The van der Waals surface area contributed by atoms with Crippen LogP contribution in [0.15, 0.2) is 53.4 Å². The van der Waals surface area contributed by atoms with E-state index in [2.05, 4.69) is 5.32 Å². The van der Waals surface area contributed by atoms with E-state index in [1.165, 1.54) is 16.4 Å². The third-order valence-corrected chi connectivity index (χ3v) is 6.44. The molecule has 0 spiro atoms. The summed E-state index contributed by atoms with van der Waals surface area (Å²) in [5, 5.41) is 2.87. The van der Waals surface area contributed by atoms with Gasteiger partial charge in [-0.15, -0.1) is 0 Å². The average Bonchev–Trinajstić information content (AvgIpc) is 2.64. The van der Waals surface area contributed by atoms with E-state index in [-0.39, 0.29) is 29.1 Å². The fraction of sp³-hybridized carbons (Fsp3) is 0.350. The number of amides is 1. The molecule has 146 valence electrons. The average molecular weight is 392 g/mol. The van der Waals surface area contributed by atoms with Gasteiger partial charge in [0.15, 0.2) is 0 Å². The van der Waals surface area contributed by atoms with E-state index in [0.29, 0.717) is 13.1 Å². The van der Waals surface area contributed by atoms with Crippen LogP contribution in [-0.2, 0) is 21.2 Å². The predicted octanol–water partition coefficient (Wildman–Crippen LogP) is 3.28. The Balaban J connectivity index is 2.03. The van der Waals surface area contributed by atoms with Crippen LogP contribution < -0.4 is 5.32 Å². The lowest BCUT2D eigenvalue weighted by Crippen LogP contribution is -2.30. The van der Waals surface area contributed by atoms with Crippen LogP contribution in [0.1, 0.15) is 37.9 Å². The number of nitrogens with one attached hydrogen (secondary N) is 1. The molecule has 0 aliphatic carbocycles. The first-order valence-electron chi connectivity index (χ1n) is 8.91. The summed E-state index contributed by atoms with van der Waals surface area (Å²) in [6, 6.07) is 12.1. The first-order chi connectivity index (χ1) is 12.8. The standard InChI is InChI=1S/C20H25FN2O3S/c1-4-23(5-2)27(25,26)19-12-8-17(9-13-19)15(3)22-20(24)14-16-6-10-18(21)11-7-16/h6-13,15H,4-5,14H2,1-3H3,(H,22,24). The second kappa shape index (κ2) is 9.10. The molecule has 2 rings (SSSR count). The second-order valence-electron chi connectivity index (χ2n) is 6.25. The van der Waals surface area contributed by atoms with Gasteiger partial charge in [0.25, 0.3) is 0 Å². The van der Waals surface area contributed by atoms with Crippen LogP contribution >= 0.6 is 0 Å². The number of nitrogens with zero attached hydrogens (tertiary/aromatic N) is 1. The van der Waals surface area contributed by atoms with Gasteiger partial charge in [0.05, 0.1) is 17.4 Å². The van der Waals surface area contributed by atoms with Gasteiger partial charge < -0.3 is 5.32 Å². The summed E-state index contributed by atoms with van der Waals surface area (Å²) in [7, 11) is -3.50. The molecule has 0 saturated carbocycles. The zero-order valence-corrected chi connectivity index (χ0v) is 16.6. The van der Waals surface area contributed by atoms with Crippen molar-refractivity contribution in [3.05, 3.63) is 65.5 Å². The number of carbonyl (C=O) groups excluding carboxylic acids is 1. The van der Waals surface area contributed by atoms with E-state index in [4.69, 9.17) is 0 Å². The molecule has 7 heteroatoms. The van der Waals surface area contributed by atoms with Crippen LogP contribution in [0.25, 0.3) is 0 Å². The van der Waals surface area contributed by atoms with E-state index in [0.717, 1.165) is 11.1 Å². The van der Waals surface area contributed by atoms with Gasteiger partial charge in [-0.2, -0.15) is 4.31 Å². The molecule has 0 bridgehead atoms. The van der Waals surface area contributed by atoms with Gasteiger partial charge in [0.1, 0.15) is 5.82 Å². The molecule has 0 fully saturated rings. The summed E-state index contributed by atoms with van der Waals surface area (Å²) in [6.45, 7) is 6.26. The van der Waals surface area contributed by atoms with E-state index >= 15 is 0 Å². The number of benzene rings is 2. The van der Waals surface area contributed by atoms with Gasteiger partial charge in [-0.1, -0.05) is 38.1 Å². The van der Waals surface area contributed by atoms with Crippen LogP contribution in [0.5, 0.6) is 0 Å². The Labute approximate surface area is 160 Å². The third kappa shape index (κ3) is 5.37. The molecule has 0 aliphatic rings. The molecule has 1 N–H and O–H groups in total. The normalized spacial score (nSPS) is 12.8. The molecule has 2 aromatic carbocycles. The smallest absolute Gasteiger partial charge is 0.243 e. The number of rotatable bonds is 8. The molecule has 0 saturated heterocycles. The zero-order chi connectivity index (χ0) is 20.0. The predicted molar refractivity (Wildman–Crippen MR) is 103 cm³/mol. The van der Waals surface area contributed by atoms with Crippen LogP contribution in [0, 0.1) is 5.82 Å². The largest absolute Gasteiger partial charge is 0.349 e. The number of sulfonamides is 1. The van der Waals surface area contributed by atoms with Crippen LogP contribution in [0.4, 0.5) is 4.39 Å². The van der Waals surface area contributed by atoms with Crippen molar-refractivity contribution in [2.24, 2.45) is 0 Å². The van der Waals surface area contributed by atoms with Crippen molar-refractivity contribution >= 4 is 15.9 Å². The zero-order valence-electron chi connectivity index (χ0n) is 15.8. The highest BCUT2D eigenvalue weighted by Gasteiger charge is 2.21. The van der Waals surface area contributed by atoms with E-state index in [1.807, 2.05) is 6.92 Å².